The third-order valence-electron chi connectivity index (χ3n) is 3.50. The van der Waals surface area contributed by atoms with Crippen molar-refractivity contribution in [2.75, 3.05) is 25.0 Å². The Kier molecular flexibility index (Phi) is 4.50. The second-order valence-electron chi connectivity index (χ2n) is 5.12. The molecule has 2 atom stereocenters. The molecule has 104 valence electrons. The summed E-state index contributed by atoms with van der Waals surface area (Å²) in [7, 11) is 0. The van der Waals surface area contributed by atoms with E-state index in [0.717, 1.165) is 13.0 Å². The number of hydrogen-bond acceptors (Lipinski definition) is 3. The molecule has 19 heavy (non-hydrogen) atoms. The van der Waals surface area contributed by atoms with Crippen LogP contribution in [0.4, 0.5) is 10.1 Å². The van der Waals surface area contributed by atoms with Crippen molar-refractivity contribution in [3.8, 4) is 0 Å². The summed E-state index contributed by atoms with van der Waals surface area (Å²) in [6.07, 6.45) is 0.526. The Hall–Kier alpha value is -1.46. The Balaban J connectivity index is 1.83. The molecule has 1 aliphatic heterocycles. The third kappa shape index (κ3) is 4.01. The number of nitrogens with zero attached hydrogens (tertiary/aromatic N) is 1. The van der Waals surface area contributed by atoms with E-state index in [4.69, 9.17) is 0 Å². The molecule has 0 spiro atoms. The minimum atomic E-state index is -0.368. The van der Waals surface area contributed by atoms with Crippen molar-refractivity contribution >= 4 is 11.6 Å². The molecule has 5 heteroatoms. The van der Waals surface area contributed by atoms with Gasteiger partial charge in [0.1, 0.15) is 5.82 Å². The predicted molar refractivity (Wildman–Crippen MR) is 71.3 cm³/mol. The van der Waals surface area contributed by atoms with E-state index in [-0.39, 0.29) is 30.3 Å². The first-order valence-corrected chi connectivity index (χ1v) is 6.50. The molecule has 0 bridgehead atoms. The van der Waals surface area contributed by atoms with Crippen molar-refractivity contribution in [3.63, 3.8) is 0 Å². The van der Waals surface area contributed by atoms with Crippen molar-refractivity contribution in [2.24, 2.45) is 5.92 Å². The number of halogens is 1. The lowest BCUT2D eigenvalue weighted by Crippen LogP contribution is -2.45. The van der Waals surface area contributed by atoms with Crippen LogP contribution in [-0.2, 0) is 4.79 Å². The number of piperidine rings is 1. The maximum atomic E-state index is 12.7. The monoisotopic (exact) mass is 266 g/mol. The fourth-order valence-electron chi connectivity index (χ4n) is 2.19. The van der Waals surface area contributed by atoms with E-state index in [2.05, 4.69) is 5.32 Å². The Labute approximate surface area is 112 Å². The van der Waals surface area contributed by atoms with E-state index in [1.54, 1.807) is 0 Å². The second-order valence-corrected chi connectivity index (χ2v) is 5.12. The van der Waals surface area contributed by atoms with Gasteiger partial charge in [0.2, 0.25) is 5.91 Å². The van der Waals surface area contributed by atoms with Crippen LogP contribution in [0.3, 0.4) is 0 Å². The van der Waals surface area contributed by atoms with Gasteiger partial charge in [-0.1, -0.05) is 6.92 Å². The Bertz CT molecular complexity index is 436. The van der Waals surface area contributed by atoms with Crippen LogP contribution in [0.25, 0.3) is 0 Å². The molecule has 1 amide bonds. The molecule has 0 aromatic heterocycles. The van der Waals surface area contributed by atoms with Crippen LogP contribution in [-0.4, -0.2) is 41.7 Å². The topological polar surface area (TPSA) is 52.6 Å². The highest BCUT2D eigenvalue weighted by molar-refractivity contribution is 5.92. The zero-order valence-electron chi connectivity index (χ0n) is 11.0. The first kappa shape index (κ1) is 14.0. The summed E-state index contributed by atoms with van der Waals surface area (Å²) in [6.45, 7) is 3.61. The normalized spacial score (nSPS) is 24.2. The number of amides is 1. The Morgan fingerprint density at radius 3 is 2.79 bits per heavy atom. The molecule has 1 aromatic carbocycles. The van der Waals surface area contributed by atoms with Gasteiger partial charge in [0, 0.05) is 12.2 Å². The minimum Gasteiger partial charge on any atom is -0.392 e. The van der Waals surface area contributed by atoms with Crippen molar-refractivity contribution < 1.29 is 14.3 Å². The highest BCUT2D eigenvalue weighted by Crippen LogP contribution is 2.16. The lowest BCUT2D eigenvalue weighted by molar-refractivity contribution is -0.118. The van der Waals surface area contributed by atoms with E-state index in [0.29, 0.717) is 12.2 Å². The van der Waals surface area contributed by atoms with Crippen LogP contribution in [0.5, 0.6) is 0 Å². The maximum Gasteiger partial charge on any atom is 0.238 e. The zero-order valence-corrected chi connectivity index (χ0v) is 11.0. The third-order valence-corrected chi connectivity index (χ3v) is 3.50. The number of nitrogens with one attached hydrogen (secondary N) is 1. The molecule has 1 fully saturated rings. The summed E-state index contributed by atoms with van der Waals surface area (Å²) >= 11 is 0. The quantitative estimate of drug-likeness (QED) is 0.871. The van der Waals surface area contributed by atoms with Gasteiger partial charge in [-0.05, 0) is 43.1 Å². The number of likely N-dealkylation sites (tertiary alicyclic amines) is 1. The van der Waals surface area contributed by atoms with Gasteiger partial charge in [-0.25, -0.2) is 4.39 Å². The molecule has 2 unspecified atom stereocenters. The first-order chi connectivity index (χ1) is 9.04. The maximum absolute atomic E-state index is 12.7. The van der Waals surface area contributed by atoms with E-state index in [1.807, 2.05) is 11.8 Å². The van der Waals surface area contributed by atoms with Crippen molar-refractivity contribution in [2.45, 2.75) is 19.4 Å². The number of carbonyl (C=O) groups excluding carboxylic acids is 1. The summed E-state index contributed by atoms with van der Waals surface area (Å²) in [5.74, 6) is -0.184. The Morgan fingerprint density at radius 1 is 1.47 bits per heavy atom. The molecule has 1 saturated heterocycles. The second kappa shape index (κ2) is 6.12. The van der Waals surface area contributed by atoms with Crippen LogP contribution >= 0.6 is 0 Å². The fourth-order valence-corrected chi connectivity index (χ4v) is 2.19. The van der Waals surface area contributed by atoms with E-state index < -0.39 is 0 Å². The van der Waals surface area contributed by atoms with Gasteiger partial charge in [-0.15, -0.1) is 0 Å². The van der Waals surface area contributed by atoms with Crippen LogP contribution in [0, 0.1) is 11.7 Å². The molecule has 0 aliphatic carbocycles. The number of aliphatic hydroxyl groups excluding tert-OH is 1. The molecule has 1 aliphatic rings. The molecule has 1 heterocycles. The highest BCUT2D eigenvalue weighted by Gasteiger charge is 2.25. The van der Waals surface area contributed by atoms with Gasteiger partial charge in [-0.2, -0.15) is 0 Å². The summed E-state index contributed by atoms with van der Waals surface area (Å²) < 4.78 is 12.7. The lowest BCUT2D eigenvalue weighted by atomic mass is 9.96. The molecular formula is C14H19FN2O2. The van der Waals surface area contributed by atoms with E-state index in [9.17, 15) is 14.3 Å². The molecule has 0 radical (unpaired) electrons. The molecule has 0 saturated carbocycles. The zero-order chi connectivity index (χ0) is 13.8. The molecular weight excluding hydrogens is 247 g/mol. The van der Waals surface area contributed by atoms with Gasteiger partial charge < -0.3 is 10.4 Å². The summed E-state index contributed by atoms with van der Waals surface area (Å²) in [4.78, 5) is 13.8. The standard InChI is InChI=1S/C14H19FN2O2/c1-10-6-7-17(8-13(10)18)9-14(19)16-12-4-2-11(15)3-5-12/h2-5,10,13,18H,6-9H2,1H3,(H,16,19). The van der Waals surface area contributed by atoms with Crippen LogP contribution in [0.1, 0.15) is 13.3 Å². The molecule has 4 nitrogen and oxygen atoms in total. The van der Waals surface area contributed by atoms with Crippen LogP contribution in [0.15, 0.2) is 24.3 Å². The van der Waals surface area contributed by atoms with Crippen molar-refractivity contribution in [3.05, 3.63) is 30.1 Å². The molecule has 2 rings (SSSR count). The van der Waals surface area contributed by atoms with Gasteiger partial charge in [0.05, 0.1) is 12.6 Å². The Morgan fingerprint density at radius 2 is 2.16 bits per heavy atom. The summed E-state index contributed by atoms with van der Waals surface area (Å²) in [5, 5.41) is 12.5. The lowest BCUT2D eigenvalue weighted by Gasteiger charge is -2.33. The number of β-amino-alcohol motifs (C(OH)–C–C–N with tert-alkyl or cyclic N) is 1. The van der Waals surface area contributed by atoms with Gasteiger partial charge >= 0.3 is 0 Å². The summed E-state index contributed by atoms with van der Waals surface area (Å²) in [5.41, 5.74) is 0.581. The van der Waals surface area contributed by atoms with Crippen molar-refractivity contribution in [1.82, 2.24) is 4.90 Å². The highest BCUT2D eigenvalue weighted by atomic mass is 19.1. The number of rotatable bonds is 3. The average Bonchev–Trinajstić information content (AvgIpc) is 2.37. The first-order valence-electron chi connectivity index (χ1n) is 6.50. The molecule has 1 aromatic rings. The number of anilines is 1. The van der Waals surface area contributed by atoms with Crippen LogP contribution < -0.4 is 5.32 Å². The molecule has 2 N–H and O–H groups in total. The van der Waals surface area contributed by atoms with E-state index >= 15 is 0 Å². The fraction of sp³-hybridized carbons (Fsp3) is 0.500. The van der Waals surface area contributed by atoms with Gasteiger partial charge in [0.15, 0.2) is 0 Å². The SMILES string of the molecule is CC1CCN(CC(=O)Nc2ccc(F)cc2)CC1O. The predicted octanol–water partition coefficient (Wildman–Crippen LogP) is 1.47. The van der Waals surface area contributed by atoms with E-state index in [1.165, 1.54) is 24.3 Å². The van der Waals surface area contributed by atoms with Gasteiger partial charge in [-0.3, -0.25) is 9.69 Å². The summed E-state index contributed by atoms with van der Waals surface area (Å²) in [6, 6.07) is 5.67. The number of aliphatic hydroxyl groups is 1. The number of carbonyl (C=O) groups is 1. The number of hydrogen-bond donors (Lipinski definition) is 2. The van der Waals surface area contributed by atoms with Crippen LogP contribution in [0.2, 0.25) is 0 Å². The minimum absolute atomic E-state index is 0.145. The van der Waals surface area contributed by atoms with Crippen molar-refractivity contribution in [1.29, 1.82) is 0 Å². The average molecular weight is 266 g/mol. The smallest absolute Gasteiger partial charge is 0.238 e. The largest absolute Gasteiger partial charge is 0.392 e. The number of benzene rings is 1. The van der Waals surface area contributed by atoms with Gasteiger partial charge in [0.25, 0.3) is 0 Å².